The molecule has 0 spiro atoms. The summed E-state index contributed by atoms with van der Waals surface area (Å²) in [5.74, 6) is 8.88. The Morgan fingerprint density at radius 2 is 1.35 bits per heavy atom. The van der Waals surface area contributed by atoms with E-state index in [0.29, 0.717) is 12.0 Å². The van der Waals surface area contributed by atoms with E-state index in [-0.39, 0.29) is 0 Å². The van der Waals surface area contributed by atoms with Gasteiger partial charge in [0.05, 0.1) is 6.10 Å². The Morgan fingerprint density at radius 3 is 1.88 bits per heavy atom. The summed E-state index contributed by atoms with van der Waals surface area (Å²) in [6, 6.07) is 0. The number of unbranched alkanes of at least 4 members (excludes halogenated alkanes) is 1. The van der Waals surface area contributed by atoms with Gasteiger partial charge in [-0.1, -0.05) is 57.1 Å². The van der Waals surface area contributed by atoms with E-state index in [2.05, 4.69) is 50.0 Å². The van der Waals surface area contributed by atoms with Crippen molar-refractivity contribution < 1.29 is 4.74 Å². The van der Waals surface area contributed by atoms with Crippen LogP contribution in [0.1, 0.15) is 90.9 Å². The molecule has 0 bridgehead atoms. The fraction of sp³-hybridized carbons (Fsp3) is 0.760. The lowest BCUT2D eigenvalue weighted by Crippen LogP contribution is -2.21. The predicted octanol–water partition coefficient (Wildman–Crippen LogP) is 7.08. The maximum Gasteiger partial charge on any atom is 0.0575 e. The third-order valence-corrected chi connectivity index (χ3v) is 6.15. The third-order valence-electron chi connectivity index (χ3n) is 6.15. The van der Waals surface area contributed by atoms with Crippen LogP contribution in [0.15, 0.2) is 24.3 Å². The molecule has 0 unspecified atom stereocenters. The Labute approximate surface area is 162 Å². The van der Waals surface area contributed by atoms with Crippen molar-refractivity contribution in [3.8, 4) is 11.8 Å². The molecule has 2 rings (SSSR count). The molecule has 0 saturated heterocycles. The van der Waals surface area contributed by atoms with E-state index < -0.39 is 0 Å². The second-order valence-corrected chi connectivity index (χ2v) is 8.34. The normalized spacial score (nSPS) is 29.8. The van der Waals surface area contributed by atoms with Crippen LogP contribution in [0.2, 0.25) is 0 Å². The highest BCUT2D eigenvalue weighted by Crippen LogP contribution is 2.32. The van der Waals surface area contributed by atoms with Crippen molar-refractivity contribution in [3.63, 3.8) is 0 Å². The Kier molecular flexibility index (Phi) is 10.8. The van der Waals surface area contributed by atoms with E-state index >= 15 is 0 Å². The molecule has 0 aromatic heterocycles. The molecule has 0 radical (unpaired) electrons. The molecule has 146 valence electrons. The Bertz CT molecular complexity index is 462. The van der Waals surface area contributed by atoms with E-state index in [4.69, 9.17) is 4.74 Å². The van der Waals surface area contributed by atoms with Gasteiger partial charge in [0.15, 0.2) is 0 Å². The van der Waals surface area contributed by atoms with Crippen molar-refractivity contribution in [2.75, 3.05) is 6.61 Å². The fourth-order valence-electron chi connectivity index (χ4n) is 4.38. The number of rotatable bonds is 8. The number of allylic oxidation sites excluding steroid dienone is 4. The first-order valence-electron chi connectivity index (χ1n) is 11.3. The molecular weight excluding hydrogens is 316 g/mol. The van der Waals surface area contributed by atoms with Gasteiger partial charge in [-0.15, -0.1) is 0 Å². The lowest BCUT2D eigenvalue weighted by atomic mass is 9.80. The molecule has 0 atom stereocenters. The highest BCUT2D eigenvalue weighted by molar-refractivity contribution is 5.24. The molecule has 0 aromatic rings. The molecule has 2 aliphatic carbocycles. The van der Waals surface area contributed by atoms with Gasteiger partial charge in [-0.2, -0.15) is 0 Å². The van der Waals surface area contributed by atoms with Gasteiger partial charge in [0, 0.05) is 6.61 Å². The largest absolute Gasteiger partial charge is 0.378 e. The zero-order valence-electron chi connectivity index (χ0n) is 17.2. The van der Waals surface area contributed by atoms with Gasteiger partial charge in [0.25, 0.3) is 0 Å². The molecule has 1 nitrogen and oxygen atoms in total. The first kappa shape index (κ1) is 21.3. The van der Waals surface area contributed by atoms with Crippen LogP contribution >= 0.6 is 0 Å². The van der Waals surface area contributed by atoms with Crippen LogP contribution in [-0.4, -0.2) is 12.7 Å². The van der Waals surface area contributed by atoms with Crippen LogP contribution in [0.25, 0.3) is 0 Å². The summed E-state index contributed by atoms with van der Waals surface area (Å²) >= 11 is 0. The van der Waals surface area contributed by atoms with Crippen molar-refractivity contribution in [2.45, 2.75) is 97.0 Å². The lowest BCUT2D eigenvalue weighted by molar-refractivity contribution is 0.0209. The second-order valence-electron chi connectivity index (χ2n) is 8.34. The summed E-state index contributed by atoms with van der Waals surface area (Å²) in [7, 11) is 0. The summed E-state index contributed by atoms with van der Waals surface area (Å²) in [4.78, 5) is 0. The molecular formula is C25H40O. The minimum absolute atomic E-state index is 0.507. The van der Waals surface area contributed by atoms with E-state index in [0.717, 1.165) is 18.4 Å². The lowest BCUT2D eigenvalue weighted by Gasteiger charge is -2.26. The maximum atomic E-state index is 5.95. The van der Waals surface area contributed by atoms with E-state index in [1.165, 1.54) is 77.0 Å². The maximum absolute atomic E-state index is 5.95. The average Bonchev–Trinajstić information content (AvgIpc) is 2.67. The molecule has 0 N–H and O–H groups in total. The second kappa shape index (κ2) is 13.2. The quantitative estimate of drug-likeness (QED) is 0.333. The van der Waals surface area contributed by atoms with Gasteiger partial charge in [-0.05, 0) is 87.7 Å². The number of ether oxygens (including phenoxy) is 1. The van der Waals surface area contributed by atoms with Crippen LogP contribution < -0.4 is 0 Å². The summed E-state index contributed by atoms with van der Waals surface area (Å²) in [6.45, 7) is 5.47. The molecule has 26 heavy (non-hydrogen) atoms. The Hall–Kier alpha value is -1.00. The molecule has 0 aromatic carbocycles. The molecule has 1 heteroatoms. The molecule has 0 heterocycles. The van der Waals surface area contributed by atoms with Crippen LogP contribution in [0.4, 0.5) is 0 Å². The number of hydrogen-bond acceptors (Lipinski definition) is 1. The summed E-state index contributed by atoms with van der Waals surface area (Å²) in [5, 5.41) is 0. The number of hydrogen-bond donors (Lipinski definition) is 0. The van der Waals surface area contributed by atoms with Crippen LogP contribution in [0, 0.1) is 29.6 Å². The van der Waals surface area contributed by atoms with Crippen LogP contribution in [0.3, 0.4) is 0 Å². The van der Waals surface area contributed by atoms with Gasteiger partial charge < -0.3 is 4.74 Å². The van der Waals surface area contributed by atoms with E-state index in [1.807, 2.05) is 0 Å². The van der Waals surface area contributed by atoms with Crippen molar-refractivity contribution in [2.24, 2.45) is 17.8 Å². The van der Waals surface area contributed by atoms with Crippen molar-refractivity contribution in [1.82, 2.24) is 0 Å². The van der Waals surface area contributed by atoms with Gasteiger partial charge in [-0.3, -0.25) is 0 Å². The topological polar surface area (TPSA) is 9.23 Å². The molecule has 2 aliphatic rings. The van der Waals surface area contributed by atoms with E-state index in [9.17, 15) is 0 Å². The van der Waals surface area contributed by atoms with Crippen molar-refractivity contribution >= 4 is 0 Å². The smallest absolute Gasteiger partial charge is 0.0575 e. The molecule has 0 aliphatic heterocycles. The minimum Gasteiger partial charge on any atom is -0.378 e. The SMILES string of the molecule is CCCCOC1CCC(C=CC#CC=C[C@H]2CC[C@H](CCC)CC2)CC1. The van der Waals surface area contributed by atoms with Crippen LogP contribution in [-0.2, 0) is 4.74 Å². The van der Waals surface area contributed by atoms with Crippen LogP contribution in [0.5, 0.6) is 0 Å². The summed E-state index contributed by atoms with van der Waals surface area (Å²) < 4.78 is 5.95. The van der Waals surface area contributed by atoms with E-state index in [1.54, 1.807) is 0 Å². The van der Waals surface area contributed by atoms with Gasteiger partial charge in [0.1, 0.15) is 0 Å². The predicted molar refractivity (Wildman–Crippen MR) is 113 cm³/mol. The summed E-state index contributed by atoms with van der Waals surface area (Å²) in [5.41, 5.74) is 0. The van der Waals surface area contributed by atoms with Gasteiger partial charge in [-0.25, -0.2) is 0 Å². The average molecular weight is 357 g/mol. The first-order valence-corrected chi connectivity index (χ1v) is 11.3. The summed E-state index contributed by atoms with van der Waals surface area (Å²) in [6.07, 6.45) is 25.0. The molecule has 2 saturated carbocycles. The van der Waals surface area contributed by atoms with Gasteiger partial charge in [0.2, 0.25) is 0 Å². The highest BCUT2D eigenvalue weighted by Gasteiger charge is 2.19. The standard InChI is InChI=1S/C25H40O/c1-3-5-21-26-25-19-17-24(18-20-25)12-9-7-6-8-11-23-15-13-22(10-4-2)14-16-23/h8-9,11-12,22-25H,3-5,10,13-21H2,1-2H3/t22-,23-,24?,25?. The minimum atomic E-state index is 0.507. The molecule has 2 fully saturated rings. The molecule has 0 amide bonds. The van der Waals surface area contributed by atoms with Crippen molar-refractivity contribution in [1.29, 1.82) is 0 Å². The van der Waals surface area contributed by atoms with Crippen molar-refractivity contribution in [3.05, 3.63) is 24.3 Å². The monoisotopic (exact) mass is 356 g/mol. The Morgan fingerprint density at radius 1 is 0.769 bits per heavy atom. The zero-order valence-corrected chi connectivity index (χ0v) is 17.2. The highest BCUT2D eigenvalue weighted by atomic mass is 16.5. The first-order chi connectivity index (χ1) is 12.8. The van der Waals surface area contributed by atoms with Gasteiger partial charge >= 0.3 is 0 Å². The Balaban J connectivity index is 1.58. The fourth-order valence-corrected chi connectivity index (χ4v) is 4.38. The third kappa shape index (κ3) is 8.59. The zero-order chi connectivity index (χ0) is 18.5.